The Kier molecular flexibility index (Phi) is 4.88. The molecule has 1 heterocycles. The Morgan fingerprint density at radius 2 is 2.00 bits per heavy atom. The summed E-state index contributed by atoms with van der Waals surface area (Å²) in [5.74, 6) is 0.935. The van der Waals surface area contributed by atoms with Crippen molar-refractivity contribution < 1.29 is 4.79 Å². The fourth-order valence-electron chi connectivity index (χ4n) is 3.92. The van der Waals surface area contributed by atoms with Crippen LogP contribution in [0.25, 0.3) is 0 Å². The van der Waals surface area contributed by atoms with E-state index in [1.807, 2.05) is 0 Å². The summed E-state index contributed by atoms with van der Waals surface area (Å²) in [6.45, 7) is 7.74. The lowest BCUT2D eigenvalue weighted by Gasteiger charge is -2.36. The number of rotatable bonds is 4. The maximum Gasteiger partial charge on any atom is 0.226 e. The molecule has 1 aliphatic carbocycles. The number of amides is 1. The Morgan fingerprint density at radius 3 is 2.58 bits per heavy atom. The maximum absolute atomic E-state index is 12.8. The second-order valence-corrected chi connectivity index (χ2v) is 7.05. The summed E-state index contributed by atoms with van der Waals surface area (Å²) >= 11 is 0. The number of nitrogens with one attached hydrogen (secondary N) is 2. The van der Waals surface area contributed by atoms with E-state index in [4.69, 9.17) is 0 Å². The van der Waals surface area contributed by atoms with Crippen LogP contribution in [0.3, 0.4) is 0 Å². The van der Waals surface area contributed by atoms with Crippen molar-refractivity contribution in [3.05, 3.63) is 0 Å². The van der Waals surface area contributed by atoms with Gasteiger partial charge in [-0.15, -0.1) is 0 Å². The van der Waals surface area contributed by atoms with E-state index >= 15 is 0 Å². The monoisotopic (exact) mass is 266 g/mol. The minimum Gasteiger partial charge on any atom is -0.351 e. The topological polar surface area (TPSA) is 41.1 Å². The fourth-order valence-corrected chi connectivity index (χ4v) is 3.92. The summed E-state index contributed by atoms with van der Waals surface area (Å²) in [5.41, 5.74) is -0.0642. The van der Waals surface area contributed by atoms with Gasteiger partial charge in [-0.1, -0.05) is 26.7 Å². The van der Waals surface area contributed by atoms with Gasteiger partial charge < -0.3 is 10.6 Å². The first-order valence-corrected chi connectivity index (χ1v) is 8.08. The molecule has 0 aromatic carbocycles. The molecule has 0 radical (unpaired) electrons. The molecular formula is C16H30N2O. The zero-order chi connectivity index (χ0) is 13.9. The van der Waals surface area contributed by atoms with Crippen molar-refractivity contribution >= 4 is 5.91 Å². The van der Waals surface area contributed by atoms with Gasteiger partial charge in [0.25, 0.3) is 0 Å². The first-order valence-electron chi connectivity index (χ1n) is 8.08. The molecule has 3 heteroatoms. The smallest absolute Gasteiger partial charge is 0.226 e. The minimum absolute atomic E-state index is 0.0642. The second-order valence-electron chi connectivity index (χ2n) is 7.05. The molecular weight excluding hydrogens is 236 g/mol. The average Bonchev–Trinajstić information content (AvgIpc) is 2.81. The van der Waals surface area contributed by atoms with Crippen LogP contribution in [-0.4, -0.2) is 24.5 Å². The number of carbonyl (C=O) groups is 1. The van der Waals surface area contributed by atoms with Gasteiger partial charge >= 0.3 is 0 Å². The predicted molar refractivity (Wildman–Crippen MR) is 79.0 cm³/mol. The predicted octanol–water partition coefficient (Wildman–Crippen LogP) is 2.85. The number of hydrogen-bond acceptors (Lipinski definition) is 2. The molecule has 1 saturated carbocycles. The van der Waals surface area contributed by atoms with Gasteiger partial charge in [0.1, 0.15) is 0 Å². The molecule has 2 N–H and O–H groups in total. The second kappa shape index (κ2) is 6.25. The van der Waals surface area contributed by atoms with Crippen molar-refractivity contribution in [1.82, 2.24) is 10.6 Å². The van der Waals surface area contributed by atoms with Gasteiger partial charge in [-0.3, -0.25) is 4.79 Å². The molecule has 1 saturated heterocycles. The fraction of sp³-hybridized carbons (Fsp3) is 0.938. The Balaban J connectivity index is 1.99. The molecule has 1 amide bonds. The Morgan fingerprint density at radius 1 is 1.32 bits per heavy atom. The highest BCUT2D eigenvalue weighted by Gasteiger charge is 2.42. The third-order valence-corrected chi connectivity index (χ3v) is 4.92. The van der Waals surface area contributed by atoms with Gasteiger partial charge in [-0.2, -0.15) is 0 Å². The third-order valence-electron chi connectivity index (χ3n) is 4.92. The highest BCUT2D eigenvalue weighted by Crippen LogP contribution is 2.43. The molecule has 1 aliphatic heterocycles. The van der Waals surface area contributed by atoms with Gasteiger partial charge in [0, 0.05) is 17.5 Å². The van der Waals surface area contributed by atoms with Crippen LogP contribution in [0.15, 0.2) is 0 Å². The quantitative estimate of drug-likeness (QED) is 0.821. The summed E-state index contributed by atoms with van der Waals surface area (Å²) in [4.78, 5) is 12.8. The Labute approximate surface area is 117 Å². The summed E-state index contributed by atoms with van der Waals surface area (Å²) in [6.07, 6.45) is 7.96. The highest BCUT2D eigenvalue weighted by atomic mass is 16.2. The minimum atomic E-state index is -0.0642. The SMILES string of the molecule is CC(C)CC1(C(=O)NC2CCCNC2C)CCCC1. The van der Waals surface area contributed by atoms with E-state index in [-0.39, 0.29) is 5.41 Å². The van der Waals surface area contributed by atoms with E-state index in [0.29, 0.717) is 23.9 Å². The molecule has 2 fully saturated rings. The van der Waals surface area contributed by atoms with Gasteiger partial charge in [-0.25, -0.2) is 0 Å². The van der Waals surface area contributed by atoms with Crippen molar-refractivity contribution in [3.8, 4) is 0 Å². The van der Waals surface area contributed by atoms with Gasteiger partial charge in [0.15, 0.2) is 0 Å². The van der Waals surface area contributed by atoms with Crippen LogP contribution in [0, 0.1) is 11.3 Å². The van der Waals surface area contributed by atoms with Gasteiger partial charge in [0.05, 0.1) is 0 Å². The van der Waals surface area contributed by atoms with Crippen LogP contribution < -0.4 is 10.6 Å². The molecule has 2 rings (SSSR count). The first kappa shape index (κ1) is 14.8. The molecule has 0 aromatic rings. The zero-order valence-corrected chi connectivity index (χ0v) is 12.8. The zero-order valence-electron chi connectivity index (χ0n) is 12.8. The number of hydrogen-bond donors (Lipinski definition) is 2. The lowest BCUT2D eigenvalue weighted by Crippen LogP contribution is -2.55. The van der Waals surface area contributed by atoms with E-state index in [1.54, 1.807) is 0 Å². The Bertz CT molecular complexity index is 308. The molecule has 110 valence electrons. The largest absolute Gasteiger partial charge is 0.351 e. The first-order chi connectivity index (χ1) is 9.03. The van der Waals surface area contributed by atoms with Crippen LogP contribution >= 0.6 is 0 Å². The van der Waals surface area contributed by atoms with E-state index in [1.165, 1.54) is 19.3 Å². The van der Waals surface area contributed by atoms with E-state index in [0.717, 1.165) is 32.2 Å². The highest BCUT2D eigenvalue weighted by molar-refractivity contribution is 5.83. The van der Waals surface area contributed by atoms with Crippen LogP contribution in [0.5, 0.6) is 0 Å². The summed E-state index contributed by atoms with van der Waals surface area (Å²) in [7, 11) is 0. The number of piperidine rings is 1. The van der Waals surface area contributed by atoms with Crippen molar-refractivity contribution in [1.29, 1.82) is 0 Å². The van der Waals surface area contributed by atoms with Crippen molar-refractivity contribution in [2.45, 2.75) is 77.8 Å². The van der Waals surface area contributed by atoms with E-state index < -0.39 is 0 Å². The van der Waals surface area contributed by atoms with Gasteiger partial charge in [-0.05, 0) is 51.5 Å². The van der Waals surface area contributed by atoms with E-state index in [9.17, 15) is 4.79 Å². The lowest BCUT2D eigenvalue weighted by atomic mass is 9.77. The van der Waals surface area contributed by atoms with Crippen molar-refractivity contribution in [3.63, 3.8) is 0 Å². The average molecular weight is 266 g/mol. The molecule has 19 heavy (non-hydrogen) atoms. The van der Waals surface area contributed by atoms with E-state index in [2.05, 4.69) is 31.4 Å². The summed E-state index contributed by atoms with van der Waals surface area (Å²) in [6, 6.07) is 0.737. The summed E-state index contributed by atoms with van der Waals surface area (Å²) in [5, 5.41) is 6.82. The normalized spacial score (nSPS) is 30.5. The maximum atomic E-state index is 12.8. The Hall–Kier alpha value is -0.570. The third kappa shape index (κ3) is 3.50. The standard InChI is InChI=1S/C16H30N2O/c1-12(2)11-16(8-4-5-9-16)15(19)18-14-7-6-10-17-13(14)3/h12-14,17H,4-11H2,1-3H3,(H,18,19). The molecule has 2 atom stereocenters. The molecule has 3 nitrogen and oxygen atoms in total. The molecule has 0 bridgehead atoms. The van der Waals surface area contributed by atoms with Crippen LogP contribution in [-0.2, 0) is 4.79 Å². The van der Waals surface area contributed by atoms with Crippen molar-refractivity contribution in [2.24, 2.45) is 11.3 Å². The molecule has 2 aliphatic rings. The van der Waals surface area contributed by atoms with Crippen molar-refractivity contribution in [2.75, 3.05) is 6.54 Å². The van der Waals surface area contributed by atoms with Gasteiger partial charge in [0.2, 0.25) is 5.91 Å². The van der Waals surface area contributed by atoms with Crippen LogP contribution in [0.4, 0.5) is 0 Å². The number of carbonyl (C=O) groups excluding carboxylic acids is 1. The summed E-state index contributed by atoms with van der Waals surface area (Å²) < 4.78 is 0. The molecule has 2 unspecified atom stereocenters. The van der Waals surface area contributed by atoms with Crippen LogP contribution in [0.1, 0.15) is 65.7 Å². The molecule has 0 spiro atoms. The van der Waals surface area contributed by atoms with Crippen LogP contribution in [0.2, 0.25) is 0 Å². The lowest BCUT2D eigenvalue weighted by molar-refractivity contribution is -0.133. The molecule has 0 aromatic heterocycles.